The van der Waals surface area contributed by atoms with Crippen LogP contribution >= 0.6 is 66.8 Å². The molecule has 0 amide bonds. The van der Waals surface area contributed by atoms with Crippen LogP contribution < -0.4 is 0 Å². The summed E-state index contributed by atoms with van der Waals surface area (Å²) in [6.45, 7) is 0. The second-order valence-electron chi connectivity index (χ2n) is 3.50. The Morgan fingerprint density at radius 2 is 1.16 bits per heavy atom. The van der Waals surface area contributed by atoms with Crippen molar-refractivity contribution in [2.75, 3.05) is 0 Å². The van der Waals surface area contributed by atoms with E-state index in [1.165, 1.54) is 24.3 Å². The molecule has 0 unspecified atom stereocenters. The minimum absolute atomic E-state index is 0.264. The van der Waals surface area contributed by atoms with Crippen LogP contribution in [-0.2, 0) is 0 Å². The zero-order chi connectivity index (χ0) is 14.2. The van der Waals surface area contributed by atoms with E-state index in [0.29, 0.717) is 8.95 Å². The van der Waals surface area contributed by atoms with Gasteiger partial charge in [0.1, 0.15) is 11.6 Å². The lowest BCUT2D eigenvalue weighted by Gasteiger charge is -2.07. The SMILES string of the molecule is Fc1cc(Cl)c(Br)cc1Sc1cc(Br)c(Cl)cc1F. The van der Waals surface area contributed by atoms with E-state index in [1.807, 2.05) is 0 Å². The van der Waals surface area contributed by atoms with Crippen molar-refractivity contribution in [1.82, 2.24) is 0 Å². The fourth-order valence-electron chi connectivity index (χ4n) is 1.28. The molecule has 0 aliphatic carbocycles. The smallest absolute Gasteiger partial charge is 0.138 e. The van der Waals surface area contributed by atoms with E-state index in [4.69, 9.17) is 23.2 Å². The lowest BCUT2D eigenvalue weighted by molar-refractivity contribution is 0.595. The number of benzene rings is 2. The largest absolute Gasteiger partial charge is 0.206 e. The van der Waals surface area contributed by atoms with Crippen molar-refractivity contribution in [3.63, 3.8) is 0 Å². The van der Waals surface area contributed by atoms with Crippen molar-refractivity contribution >= 4 is 66.8 Å². The molecule has 0 N–H and O–H groups in total. The number of hydrogen-bond acceptors (Lipinski definition) is 1. The van der Waals surface area contributed by atoms with E-state index in [2.05, 4.69) is 31.9 Å². The maximum Gasteiger partial charge on any atom is 0.138 e. The third-order valence-electron chi connectivity index (χ3n) is 2.17. The van der Waals surface area contributed by atoms with E-state index in [1.54, 1.807) is 0 Å². The normalized spacial score (nSPS) is 10.8. The maximum atomic E-state index is 13.7. The van der Waals surface area contributed by atoms with Gasteiger partial charge in [-0.25, -0.2) is 8.78 Å². The Kier molecular flexibility index (Phi) is 5.17. The van der Waals surface area contributed by atoms with Crippen molar-refractivity contribution < 1.29 is 8.78 Å². The summed E-state index contributed by atoms with van der Waals surface area (Å²) in [6, 6.07) is 5.36. The average Bonchev–Trinajstić information content (AvgIpc) is 2.32. The third kappa shape index (κ3) is 3.64. The minimum Gasteiger partial charge on any atom is -0.206 e. The van der Waals surface area contributed by atoms with Crippen molar-refractivity contribution in [2.45, 2.75) is 9.79 Å². The van der Waals surface area contributed by atoms with Crippen LogP contribution in [0.15, 0.2) is 43.0 Å². The number of hydrogen-bond donors (Lipinski definition) is 0. The molecule has 2 rings (SSSR count). The lowest BCUT2D eigenvalue weighted by Crippen LogP contribution is -1.86. The molecule has 0 aliphatic heterocycles. The fraction of sp³-hybridized carbons (Fsp3) is 0. The molecule has 0 saturated heterocycles. The van der Waals surface area contributed by atoms with Gasteiger partial charge in [-0.3, -0.25) is 0 Å². The molecule has 0 spiro atoms. The number of rotatable bonds is 2. The molecule has 0 bridgehead atoms. The van der Waals surface area contributed by atoms with Gasteiger partial charge >= 0.3 is 0 Å². The molecule has 0 nitrogen and oxygen atoms in total. The Morgan fingerprint density at radius 1 is 0.789 bits per heavy atom. The van der Waals surface area contributed by atoms with Crippen LogP contribution in [-0.4, -0.2) is 0 Å². The van der Waals surface area contributed by atoms with Crippen molar-refractivity contribution in [2.24, 2.45) is 0 Å². The van der Waals surface area contributed by atoms with Crippen LogP contribution in [0, 0.1) is 11.6 Å². The summed E-state index contributed by atoms with van der Waals surface area (Å²) in [6.07, 6.45) is 0. The third-order valence-corrected chi connectivity index (χ3v) is 5.63. The van der Waals surface area contributed by atoms with Crippen molar-refractivity contribution in [3.8, 4) is 0 Å². The zero-order valence-electron chi connectivity index (χ0n) is 8.99. The van der Waals surface area contributed by atoms with E-state index in [9.17, 15) is 8.78 Å². The highest BCUT2D eigenvalue weighted by Gasteiger charge is 2.13. The van der Waals surface area contributed by atoms with Crippen LogP contribution in [0.1, 0.15) is 0 Å². The highest BCUT2D eigenvalue weighted by Crippen LogP contribution is 2.38. The molecule has 0 atom stereocenters. The quantitative estimate of drug-likeness (QED) is 0.448. The van der Waals surface area contributed by atoms with Gasteiger partial charge in [0.05, 0.1) is 10.0 Å². The molecule has 100 valence electrons. The van der Waals surface area contributed by atoms with Crippen LogP contribution in [0.4, 0.5) is 8.78 Å². The second-order valence-corrected chi connectivity index (χ2v) is 7.10. The summed E-state index contributed by atoms with van der Waals surface area (Å²) in [5, 5.41) is 0.527. The Hall–Kier alpha value is 0.190. The van der Waals surface area contributed by atoms with Crippen LogP contribution in [0.25, 0.3) is 0 Å². The van der Waals surface area contributed by atoms with Gasteiger partial charge < -0.3 is 0 Å². The van der Waals surface area contributed by atoms with E-state index < -0.39 is 11.6 Å². The molecule has 7 heteroatoms. The molecule has 19 heavy (non-hydrogen) atoms. The molecule has 0 saturated carbocycles. The lowest BCUT2D eigenvalue weighted by atomic mass is 10.3. The van der Waals surface area contributed by atoms with Crippen LogP contribution in [0.3, 0.4) is 0 Å². The Morgan fingerprint density at radius 3 is 1.53 bits per heavy atom. The van der Waals surface area contributed by atoms with Gasteiger partial charge in [0, 0.05) is 18.7 Å². The van der Waals surface area contributed by atoms with E-state index >= 15 is 0 Å². The van der Waals surface area contributed by atoms with Gasteiger partial charge in [-0.05, 0) is 56.1 Å². The first-order valence-electron chi connectivity index (χ1n) is 4.85. The first kappa shape index (κ1) is 15.6. The zero-order valence-corrected chi connectivity index (χ0v) is 14.5. The monoisotopic (exact) mass is 446 g/mol. The number of halogens is 6. The molecular formula is C12H4Br2Cl2F2S. The maximum absolute atomic E-state index is 13.7. The van der Waals surface area contributed by atoms with Gasteiger partial charge in [-0.15, -0.1) is 0 Å². The Labute approximate surface area is 139 Å². The molecule has 0 radical (unpaired) electrons. The van der Waals surface area contributed by atoms with Gasteiger partial charge in [-0.1, -0.05) is 35.0 Å². The van der Waals surface area contributed by atoms with Gasteiger partial charge in [0.2, 0.25) is 0 Å². The average molecular weight is 449 g/mol. The summed E-state index contributed by atoms with van der Waals surface area (Å²) in [7, 11) is 0. The summed E-state index contributed by atoms with van der Waals surface area (Å²) in [5.41, 5.74) is 0. The van der Waals surface area contributed by atoms with Gasteiger partial charge in [0.15, 0.2) is 0 Å². The van der Waals surface area contributed by atoms with E-state index in [0.717, 1.165) is 11.8 Å². The molecular weight excluding hydrogens is 445 g/mol. The first-order chi connectivity index (χ1) is 8.88. The summed E-state index contributed by atoms with van der Waals surface area (Å²) >= 11 is 18.9. The summed E-state index contributed by atoms with van der Waals surface area (Å²) in [5.74, 6) is -1.02. The van der Waals surface area contributed by atoms with Crippen LogP contribution in [0.2, 0.25) is 10.0 Å². The van der Waals surface area contributed by atoms with Crippen LogP contribution in [0.5, 0.6) is 0 Å². The first-order valence-corrected chi connectivity index (χ1v) is 8.01. The van der Waals surface area contributed by atoms with Gasteiger partial charge in [0.25, 0.3) is 0 Å². The van der Waals surface area contributed by atoms with Crippen molar-refractivity contribution in [3.05, 3.63) is 54.9 Å². The molecule has 2 aromatic rings. The highest BCUT2D eigenvalue weighted by molar-refractivity contribution is 9.10. The fourth-order valence-corrected chi connectivity index (χ4v) is 3.48. The van der Waals surface area contributed by atoms with Crippen molar-refractivity contribution in [1.29, 1.82) is 0 Å². The summed E-state index contributed by atoms with van der Waals surface area (Å²) in [4.78, 5) is 0.536. The Bertz CT molecular complexity index is 595. The molecule has 2 aromatic carbocycles. The molecule has 0 aromatic heterocycles. The predicted octanol–water partition coefficient (Wildman–Crippen LogP) is 6.95. The van der Waals surface area contributed by atoms with Gasteiger partial charge in [-0.2, -0.15) is 0 Å². The topological polar surface area (TPSA) is 0 Å². The minimum atomic E-state index is -0.510. The predicted molar refractivity (Wildman–Crippen MR) is 82.3 cm³/mol. The van der Waals surface area contributed by atoms with E-state index in [-0.39, 0.29) is 19.8 Å². The molecule has 0 fully saturated rings. The summed E-state index contributed by atoms with van der Waals surface area (Å²) < 4.78 is 28.6. The second kappa shape index (κ2) is 6.31. The molecule has 0 heterocycles. The standard InChI is InChI=1S/C12H4Br2Cl2F2S/c13-5-1-11(9(17)3-7(5)15)19-12-2-6(14)8(16)4-10(12)18/h1-4H. The molecule has 0 aliphatic rings. The highest BCUT2D eigenvalue weighted by atomic mass is 79.9. The Balaban J connectivity index is 2.42.